The molecule has 1 fully saturated rings. The van der Waals surface area contributed by atoms with Crippen LogP contribution < -0.4 is 10.1 Å². The molecule has 1 amide bonds. The minimum absolute atomic E-state index is 0.259. The highest BCUT2D eigenvalue weighted by Gasteiger charge is 2.46. The van der Waals surface area contributed by atoms with Gasteiger partial charge in [0, 0.05) is 50.3 Å². The van der Waals surface area contributed by atoms with E-state index in [1.54, 1.807) is 18.0 Å². The molecule has 6 nitrogen and oxygen atoms in total. The van der Waals surface area contributed by atoms with E-state index in [-0.39, 0.29) is 18.7 Å². The van der Waals surface area contributed by atoms with Crippen molar-refractivity contribution in [3.63, 3.8) is 0 Å². The fourth-order valence-electron chi connectivity index (χ4n) is 3.81. The lowest BCUT2D eigenvalue weighted by atomic mass is 9.88. The second-order valence-electron chi connectivity index (χ2n) is 7.23. The summed E-state index contributed by atoms with van der Waals surface area (Å²) in [6, 6.07) is 8.65. The molecule has 4 rings (SSSR count). The summed E-state index contributed by atoms with van der Waals surface area (Å²) in [5.41, 5.74) is 1.96. The van der Waals surface area contributed by atoms with Crippen molar-refractivity contribution in [2.75, 3.05) is 13.7 Å². The van der Waals surface area contributed by atoms with Crippen LogP contribution in [-0.4, -0.2) is 46.2 Å². The topological polar surface area (TPSA) is 59.4 Å². The Balaban J connectivity index is 1.48. The van der Waals surface area contributed by atoms with Crippen LogP contribution >= 0.6 is 0 Å². The number of hydrogen-bond donors (Lipinski definition) is 1. The van der Waals surface area contributed by atoms with Crippen LogP contribution in [0.3, 0.4) is 0 Å². The third-order valence-electron chi connectivity index (χ3n) is 5.19. The first-order valence-corrected chi connectivity index (χ1v) is 9.00. The van der Waals surface area contributed by atoms with E-state index in [2.05, 4.69) is 15.3 Å². The number of aromatic nitrogens is 2. The molecule has 0 unspecified atom stereocenters. The number of benzene rings is 1. The van der Waals surface area contributed by atoms with Crippen LogP contribution in [0.2, 0.25) is 0 Å². The Labute approximate surface area is 156 Å². The molecule has 0 bridgehead atoms. The highest BCUT2D eigenvalue weighted by Crippen LogP contribution is 2.37. The molecule has 1 aromatic carbocycles. The number of nitrogens with one attached hydrogen (secondary N) is 1. The third kappa shape index (κ3) is 3.66. The maximum atomic E-state index is 13.1. The van der Waals surface area contributed by atoms with Gasteiger partial charge in [-0.2, -0.15) is 5.10 Å². The summed E-state index contributed by atoms with van der Waals surface area (Å²) in [5, 5.41) is 7.02. The Morgan fingerprint density at radius 3 is 2.85 bits per heavy atom. The van der Waals surface area contributed by atoms with Crippen LogP contribution in [0, 0.1) is 0 Å². The predicted molar refractivity (Wildman–Crippen MR) is 94.5 cm³/mol. The Bertz CT molecular complexity index is 831. The van der Waals surface area contributed by atoms with E-state index in [0.717, 1.165) is 17.0 Å². The number of hydrogen-bond acceptors (Lipinski definition) is 4. The smallest absolute Gasteiger partial charge is 0.252 e. The molecule has 8 heteroatoms. The van der Waals surface area contributed by atoms with Crippen molar-refractivity contribution in [1.82, 2.24) is 20.0 Å². The SMILES string of the molecule is COc1ccccc1CN1Cc2ccnn2[C@@H](C(=O)NC2CC(F)(F)C2)C1. The summed E-state index contributed by atoms with van der Waals surface area (Å²) >= 11 is 0. The normalized spacial score (nSPS) is 22.0. The van der Waals surface area contributed by atoms with Crippen molar-refractivity contribution >= 4 is 5.91 Å². The van der Waals surface area contributed by atoms with Gasteiger partial charge in [-0.3, -0.25) is 14.4 Å². The third-order valence-corrected chi connectivity index (χ3v) is 5.19. The number of ether oxygens (including phenoxy) is 1. The molecule has 2 aliphatic rings. The average molecular weight is 376 g/mol. The van der Waals surface area contributed by atoms with Gasteiger partial charge in [-0.1, -0.05) is 18.2 Å². The van der Waals surface area contributed by atoms with E-state index >= 15 is 0 Å². The fourth-order valence-corrected chi connectivity index (χ4v) is 3.81. The summed E-state index contributed by atoms with van der Waals surface area (Å²) in [6.07, 6.45) is 1.09. The van der Waals surface area contributed by atoms with Gasteiger partial charge >= 0.3 is 0 Å². The largest absolute Gasteiger partial charge is 0.496 e. The summed E-state index contributed by atoms with van der Waals surface area (Å²) < 4.78 is 33.2. The van der Waals surface area contributed by atoms with Gasteiger partial charge in [-0.25, -0.2) is 8.78 Å². The molecule has 0 radical (unpaired) electrons. The maximum absolute atomic E-state index is 13.1. The van der Waals surface area contributed by atoms with Crippen LogP contribution in [0.25, 0.3) is 0 Å². The van der Waals surface area contributed by atoms with Crippen molar-refractivity contribution in [3.8, 4) is 5.75 Å². The van der Waals surface area contributed by atoms with Crippen LogP contribution in [0.4, 0.5) is 8.78 Å². The molecule has 0 spiro atoms. The number of amides is 1. The second kappa shape index (κ2) is 6.92. The monoisotopic (exact) mass is 376 g/mol. The van der Waals surface area contributed by atoms with E-state index in [1.165, 1.54) is 0 Å². The maximum Gasteiger partial charge on any atom is 0.252 e. The predicted octanol–water partition coefficient (Wildman–Crippen LogP) is 2.36. The van der Waals surface area contributed by atoms with E-state index in [9.17, 15) is 13.6 Å². The number of rotatable bonds is 5. The lowest BCUT2D eigenvalue weighted by Crippen LogP contribution is -2.54. The quantitative estimate of drug-likeness (QED) is 0.870. The van der Waals surface area contributed by atoms with Gasteiger partial charge < -0.3 is 10.1 Å². The lowest BCUT2D eigenvalue weighted by Gasteiger charge is -2.38. The van der Waals surface area contributed by atoms with Crippen LogP contribution in [-0.2, 0) is 17.9 Å². The molecule has 1 aromatic heterocycles. The van der Waals surface area contributed by atoms with Gasteiger partial charge in [0.1, 0.15) is 11.8 Å². The Morgan fingerprint density at radius 1 is 1.33 bits per heavy atom. The van der Waals surface area contributed by atoms with Crippen LogP contribution in [0.1, 0.15) is 30.1 Å². The summed E-state index contributed by atoms with van der Waals surface area (Å²) in [5.74, 6) is -2.11. The Hall–Kier alpha value is -2.48. The molecule has 1 N–H and O–H groups in total. The standard InChI is InChI=1S/C19H22F2N4O2/c1-27-17-5-3-2-4-13(17)10-24-11-15-6-7-22-25(15)16(12-24)18(26)23-14-8-19(20,21)9-14/h2-7,14,16H,8-12H2,1H3,(H,23,26)/t16-/m1/s1. The number of carbonyl (C=O) groups is 1. The molecule has 2 aromatic rings. The fraction of sp³-hybridized carbons (Fsp3) is 0.474. The first kappa shape index (κ1) is 17.9. The van der Waals surface area contributed by atoms with E-state index in [1.807, 2.05) is 30.3 Å². The highest BCUT2D eigenvalue weighted by atomic mass is 19.3. The van der Waals surface area contributed by atoms with Crippen molar-refractivity contribution in [1.29, 1.82) is 0 Å². The van der Waals surface area contributed by atoms with Gasteiger partial charge in [0.15, 0.2) is 0 Å². The molecule has 0 saturated heterocycles. The number of halogens is 2. The number of nitrogens with zero attached hydrogens (tertiary/aromatic N) is 3. The molecule has 1 saturated carbocycles. The summed E-state index contributed by atoms with van der Waals surface area (Å²) in [7, 11) is 1.63. The van der Waals surface area contributed by atoms with Gasteiger partial charge in [-0.15, -0.1) is 0 Å². The molecular weight excluding hydrogens is 354 g/mol. The number of methoxy groups -OCH3 is 1. The second-order valence-corrected chi connectivity index (χ2v) is 7.23. The van der Waals surface area contributed by atoms with Gasteiger partial charge in [-0.05, 0) is 12.1 Å². The number of carbonyl (C=O) groups excluding carboxylic acids is 1. The molecule has 27 heavy (non-hydrogen) atoms. The Morgan fingerprint density at radius 2 is 2.11 bits per heavy atom. The van der Waals surface area contributed by atoms with Crippen molar-refractivity contribution < 1.29 is 18.3 Å². The minimum atomic E-state index is -2.66. The van der Waals surface area contributed by atoms with E-state index in [4.69, 9.17) is 4.74 Å². The van der Waals surface area contributed by atoms with E-state index in [0.29, 0.717) is 19.6 Å². The molecule has 2 heterocycles. The van der Waals surface area contributed by atoms with Crippen LogP contribution in [0.5, 0.6) is 5.75 Å². The molecule has 1 aliphatic carbocycles. The van der Waals surface area contributed by atoms with Crippen molar-refractivity contribution in [2.45, 2.75) is 43.9 Å². The minimum Gasteiger partial charge on any atom is -0.496 e. The molecule has 144 valence electrons. The zero-order valence-electron chi connectivity index (χ0n) is 15.1. The number of alkyl halides is 2. The number of para-hydroxylation sites is 1. The van der Waals surface area contributed by atoms with Crippen molar-refractivity contribution in [2.24, 2.45) is 0 Å². The first-order valence-electron chi connectivity index (χ1n) is 9.00. The lowest BCUT2D eigenvalue weighted by molar-refractivity contribution is -0.133. The van der Waals surface area contributed by atoms with Gasteiger partial charge in [0.05, 0.1) is 12.8 Å². The molecule has 1 atom stereocenters. The summed E-state index contributed by atoms with van der Waals surface area (Å²) in [6.45, 7) is 1.74. The number of fused-ring (bicyclic) bond motifs is 1. The zero-order valence-corrected chi connectivity index (χ0v) is 15.1. The van der Waals surface area contributed by atoms with E-state index < -0.39 is 18.0 Å². The van der Waals surface area contributed by atoms with Gasteiger partial charge in [0.25, 0.3) is 5.92 Å². The molecule has 1 aliphatic heterocycles. The van der Waals surface area contributed by atoms with Crippen molar-refractivity contribution in [3.05, 3.63) is 47.8 Å². The van der Waals surface area contributed by atoms with Crippen LogP contribution in [0.15, 0.2) is 36.5 Å². The zero-order chi connectivity index (χ0) is 19.0. The van der Waals surface area contributed by atoms with Gasteiger partial charge in [0.2, 0.25) is 5.91 Å². The molecular formula is C19H22F2N4O2. The Kier molecular flexibility index (Phi) is 4.59. The highest BCUT2D eigenvalue weighted by molar-refractivity contribution is 5.81. The first-order chi connectivity index (χ1) is 12.9. The summed E-state index contributed by atoms with van der Waals surface area (Å²) in [4.78, 5) is 14.9. The average Bonchev–Trinajstić information content (AvgIpc) is 3.08.